The Morgan fingerprint density at radius 1 is 0.971 bits per heavy atom. The third kappa shape index (κ3) is 5.54. The summed E-state index contributed by atoms with van der Waals surface area (Å²) in [6.45, 7) is 9.95. The van der Waals surface area contributed by atoms with Gasteiger partial charge in [0.25, 0.3) is 0 Å². The lowest BCUT2D eigenvalue weighted by Gasteiger charge is -2.34. The molecule has 1 amide bonds. The van der Waals surface area contributed by atoms with Crippen molar-refractivity contribution in [3.05, 3.63) is 45.8 Å². The first-order chi connectivity index (χ1) is 16.7. The van der Waals surface area contributed by atoms with Crippen LogP contribution in [0.3, 0.4) is 0 Å². The van der Waals surface area contributed by atoms with Crippen molar-refractivity contribution in [3.8, 4) is 0 Å². The van der Waals surface area contributed by atoms with Crippen LogP contribution in [0.1, 0.15) is 72.2 Å². The molecule has 2 aliphatic rings. The normalized spacial score (nSPS) is 20.3. The Balaban J connectivity index is 1.57. The van der Waals surface area contributed by atoms with Crippen LogP contribution in [0.4, 0.5) is 0 Å². The molecule has 0 spiro atoms. The fourth-order valence-electron chi connectivity index (χ4n) is 5.45. The second kappa shape index (κ2) is 10.7. The van der Waals surface area contributed by atoms with Crippen LogP contribution in [0.25, 0.3) is 12.2 Å². The highest BCUT2D eigenvalue weighted by Crippen LogP contribution is 2.30. The van der Waals surface area contributed by atoms with E-state index in [0.717, 1.165) is 61.9 Å². The Bertz CT molecular complexity index is 1180. The molecule has 0 unspecified atom stereocenters. The molecule has 0 bridgehead atoms. The molecular formula is C27H37N3O4S. The zero-order valence-electron chi connectivity index (χ0n) is 21.3. The summed E-state index contributed by atoms with van der Waals surface area (Å²) in [7, 11) is -3.86. The highest BCUT2D eigenvalue weighted by atomic mass is 32.2. The fourth-order valence-corrected chi connectivity index (χ4v) is 7.23. The average Bonchev–Trinajstić information content (AvgIpc) is 3.01. The third-order valence-corrected chi connectivity index (χ3v) is 9.25. The molecule has 1 aromatic heterocycles. The van der Waals surface area contributed by atoms with E-state index < -0.39 is 10.0 Å². The number of sulfonamides is 1. The summed E-state index contributed by atoms with van der Waals surface area (Å²) in [5.41, 5.74) is 4.79. The van der Waals surface area contributed by atoms with Crippen molar-refractivity contribution in [1.29, 1.82) is 0 Å². The van der Waals surface area contributed by atoms with Gasteiger partial charge in [0.2, 0.25) is 15.9 Å². The summed E-state index contributed by atoms with van der Waals surface area (Å²) >= 11 is 0. The maximum atomic E-state index is 13.7. The van der Waals surface area contributed by atoms with E-state index in [-0.39, 0.29) is 29.0 Å². The molecule has 190 valence electrons. The zero-order chi connectivity index (χ0) is 25.2. The number of rotatable bonds is 5. The van der Waals surface area contributed by atoms with Gasteiger partial charge in [0.1, 0.15) is 5.69 Å². The molecule has 7 nitrogen and oxygen atoms in total. The highest BCUT2D eigenvalue weighted by molar-refractivity contribution is 7.89. The van der Waals surface area contributed by atoms with Gasteiger partial charge in [-0.3, -0.25) is 4.79 Å². The fraction of sp³-hybridized carbons (Fsp3) is 0.556. The van der Waals surface area contributed by atoms with Crippen LogP contribution in [0.5, 0.6) is 0 Å². The third-order valence-electron chi connectivity index (χ3n) is 7.22. The van der Waals surface area contributed by atoms with E-state index in [1.54, 1.807) is 13.0 Å². The van der Waals surface area contributed by atoms with Gasteiger partial charge in [0.05, 0.1) is 5.92 Å². The molecule has 1 aromatic carbocycles. The van der Waals surface area contributed by atoms with Crippen LogP contribution in [0, 0.1) is 33.6 Å². The molecule has 35 heavy (non-hydrogen) atoms. The molecule has 2 fully saturated rings. The number of piperidine rings is 1. The number of hydrogen-bond acceptors (Lipinski definition) is 5. The summed E-state index contributed by atoms with van der Waals surface area (Å²) in [4.78, 5) is 15.2. The van der Waals surface area contributed by atoms with Crippen LogP contribution in [0.15, 0.2) is 21.6 Å². The van der Waals surface area contributed by atoms with Crippen molar-refractivity contribution in [1.82, 2.24) is 14.4 Å². The number of amides is 1. The van der Waals surface area contributed by atoms with Crippen LogP contribution in [-0.2, 0) is 14.8 Å². The molecule has 4 rings (SSSR count). The molecule has 3 heterocycles. The van der Waals surface area contributed by atoms with E-state index in [0.29, 0.717) is 18.7 Å². The largest absolute Gasteiger partial charge is 0.355 e. The van der Waals surface area contributed by atoms with Crippen molar-refractivity contribution >= 4 is 28.1 Å². The van der Waals surface area contributed by atoms with Crippen molar-refractivity contribution in [2.45, 2.75) is 71.1 Å². The number of aromatic nitrogens is 1. The lowest BCUT2D eigenvalue weighted by Crippen LogP contribution is -2.47. The van der Waals surface area contributed by atoms with E-state index in [4.69, 9.17) is 4.52 Å². The van der Waals surface area contributed by atoms with Gasteiger partial charge < -0.3 is 9.42 Å². The molecule has 1 atom stereocenters. The number of likely N-dealkylation sites (tertiary alicyclic amines) is 1. The van der Waals surface area contributed by atoms with E-state index in [2.05, 4.69) is 24.2 Å². The van der Waals surface area contributed by atoms with Crippen molar-refractivity contribution in [3.63, 3.8) is 0 Å². The molecular weight excluding hydrogens is 462 g/mol. The lowest BCUT2D eigenvalue weighted by molar-refractivity contribution is -0.136. The maximum Gasteiger partial charge on any atom is 0.248 e. The number of carbonyl (C=O) groups excluding carboxylic acids is 1. The van der Waals surface area contributed by atoms with Crippen molar-refractivity contribution < 1.29 is 17.7 Å². The standard InChI is InChI=1S/C27H37N3O4S/c1-19-16-20(2)24(21(3)17-19)11-12-25-26(22(4)28-34-25)35(32,33)30-15-9-10-23(18-30)27(31)29-13-7-5-6-8-14-29/h11-12,16-17,23H,5-10,13-15,18H2,1-4H3/b12-11+/t23-/m0/s1. The minimum Gasteiger partial charge on any atom is -0.355 e. The first-order valence-corrected chi connectivity index (χ1v) is 14.1. The van der Waals surface area contributed by atoms with Gasteiger partial charge in [-0.25, -0.2) is 8.42 Å². The molecule has 0 radical (unpaired) electrons. The highest BCUT2D eigenvalue weighted by Gasteiger charge is 2.38. The van der Waals surface area contributed by atoms with E-state index in [1.165, 1.54) is 9.87 Å². The lowest BCUT2D eigenvalue weighted by atomic mass is 9.98. The van der Waals surface area contributed by atoms with Gasteiger partial charge >= 0.3 is 0 Å². The predicted molar refractivity (Wildman–Crippen MR) is 137 cm³/mol. The Labute approximate surface area is 209 Å². The molecule has 0 saturated carbocycles. The van der Waals surface area contributed by atoms with Gasteiger partial charge in [-0.15, -0.1) is 0 Å². The first kappa shape index (κ1) is 25.6. The molecule has 8 heteroatoms. The molecule has 0 aliphatic carbocycles. The van der Waals surface area contributed by atoms with Gasteiger partial charge in [0, 0.05) is 26.2 Å². The Morgan fingerprint density at radius 3 is 2.29 bits per heavy atom. The van der Waals surface area contributed by atoms with E-state index in [1.807, 2.05) is 24.8 Å². The van der Waals surface area contributed by atoms with Crippen molar-refractivity contribution in [2.24, 2.45) is 5.92 Å². The van der Waals surface area contributed by atoms with Crippen LogP contribution in [0.2, 0.25) is 0 Å². The van der Waals surface area contributed by atoms with E-state index >= 15 is 0 Å². The smallest absolute Gasteiger partial charge is 0.248 e. The SMILES string of the molecule is Cc1cc(C)c(/C=C/c2onc(C)c2S(=O)(=O)N2CCC[C@H](C(=O)N3CCCCCC3)C2)c(C)c1. The Morgan fingerprint density at radius 2 is 1.63 bits per heavy atom. The van der Waals surface area contributed by atoms with E-state index in [9.17, 15) is 13.2 Å². The van der Waals surface area contributed by atoms with Gasteiger partial charge in [-0.1, -0.05) is 41.8 Å². The van der Waals surface area contributed by atoms with Crippen LogP contribution >= 0.6 is 0 Å². The summed E-state index contributed by atoms with van der Waals surface area (Å²) in [5, 5.41) is 3.98. The topological polar surface area (TPSA) is 83.7 Å². The summed E-state index contributed by atoms with van der Waals surface area (Å²) in [5.74, 6) is 0.0239. The predicted octanol–water partition coefficient (Wildman–Crippen LogP) is 4.88. The number of nitrogens with zero attached hydrogens (tertiary/aromatic N) is 3. The van der Waals surface area contributed by atoms with Crippen LogP contribution in [-0.4, -0.2) is 54.9 Å². The van der Waals surface area contributed by atoms with Crippen molar-refractivity contribution in [2.75, 3.05) is 26.2 Å². The number of benzene rings is 1. The Hall–Kier alpha value is -2.45. The second-order valence-corrected chi connectivity index (χ2v) is 11.9. The second-order valence-electron chi connectivity index (χ2n) is 10.0. The number of hydrogen-bond donors (Lipinski definition) is 0. The van der Waals surface area contributed by atoms with Gasteiger partial charge in [0.15, 0.2) is 10.7 Å². The minimum absolute atomic E-state index is 0.0963. The molecule has 0 N–H and O–H groups in total. The van der Waals surface area contributed by atoms with Gasteiger partial charge in [-0.05, 0) is 76.1 Å². The first-order valence-electron chi connectivity index (χ1n) is 12.7. The quantitative estimate of drug-likeness (QED) is 0.585. The van der Waals surface area contributed by atoms with Crippen LogP contribution < -0.4 is 0 Å². The molecule has 2 aromatic rings. The zero-order valence-corrected chi connectivity index (χ0v) is 22.2. The number of aryl methyl sites for hydroxylation is 4. The maximum absolute atomic E-state index is 13.7. The minimum atomic E-state index is -3.86. The average molecular weight is 500 g/mol. The monoisotopic (exact) mass is 499 g/mol. The summed E-state index contributed by atoms with van der Waals surface area (Å²) < 4.78 is 34.4. The number of carbonyl (C=O) groups is 1. The summed E-state index contributed by atoms with van der Waals surface area (Å²) in [6, 6.07) is 4.20. The summed E-state index contributed by atoms with van der Waals surface area (Å²) in [6.07, 6.45) is 9.33. The van der Waals surface area contributed by atoms with Gasteiger partial charge in [-0.2, -0.15) is 4.31 Å². The molecule has 2 saturated heterocycles. The molecule has 2 aliphatic heterocycles. The Kier molecular flexibility index (Phi) is 7.81.